The fraction of sp³-hybridized carbons (Fsp3) is 0.625. The summed E-state index contributed by atoms with van der Waals surface area (Å²) < 4.78 is 6.13. The Bertz CT molecular complexity index is 1270. The van der Waals surface area contributed by atoms with Crippen molar-refractivity contribution in [1.29, 1.82) is 0 Å². The number of ether oxygens (including phenoxy) is 1. The number of nitrogens with two attached hydrogens (primary N) is 1. The van der Waals surface area contributed by atoms with Crippen LogP contribution in [0.5, 0.6) is 5.75 Å². The van der Waals surface area contributed by atoms with Crippen molar-refractivity contribution in [3.8, 4) is 16.2 Å². The molecule has 4 rings (SSSR count). The van der Waals surface area contributed by atoms with Crippen LogP contribution in [-0.2, 0) is 20.9 Å². The van der Waals surface area contributed by atoms with E-state index in [0.29, 0.717) is 24.6 Å². The van der Waals surface area contributed by atoms with Gasteiger partial charge in [0.15, 0.2) is 6.61 Å². The SMILES string of the molecule is Cc1ncsc1-c1ccc(CNC(=O)[C@H]2C[C@H](O)CN2C(=O)CC(C)(C)C)c(OCC(=O)N2CCC(CCCN)CC2)c1. The van der Waals surface area contributed by atoms with Crippen LogP contribution in [0.25, 0.3) is 10.4 Å². The summed E-state index contributed by atoms with van der Waals surface area (Å²) in [6.45, 7) is 10.2. The molecule has 0 unspecified atom stereocenters. The van der Waals surface area contributed by atoms with Gasteiger partial charge in [-0.15, -0.1) is 11.3 Å². The van der Waals surface area contributed by atoms with Gasteiger partial charge in [0.1, 0.15) is 11.8 Å². The zero-order valence-corrected chi connectivity index (χ0v) is 26.8. The van der Waals surface area contributed by atoms with Crippen LogP contribution < -0.4 is 15.8 Å². The maximum absolute atomic E-state index is 13.3. The first-order valence-electron chi connectivity index (χ1n) is 15.3. The maximum Gasteiger partial charge on any atom is 0.260 e. The summed E-state index contributed by atoms with van der Waals surface area (Å²) in [6, 6.07) is 5.01. The van der Waals surface area contributed by atoms with Crippen LogP contribution in [0.2, 0.25) is 0 Å². The quantitative estimate of drug-likeness (QED) is 0.353. The molecule has 1 aromatic heterocycles. The van der Waals surface area contributed by atoms with E-state index in [1.165, 1.54) is 16.2 Å². The molecule has 236 valence electrons. The summed E-state index contributed by atoms with van der Waals surface area (Å²) in [6.07, 6.45) is 3.84. The number of piperidine rings is 1. The normalized spacial score (nSPS) is 19.5. The molecule has 0 saturated carbocycles. The number of thiazole rings is 1. The Morgan fingerprint density at radius 2 is 1.93 bits per heavy atom. The molecule has 3 heterocycles. The molecular weight excluding hydrogens is 566 g/mol. The largest absolute Gasteiger partial charge is 0.483 e. The van der Waals surface area contributed by atoms with Crippen LogP contribution >= 0.6 is 11.3 Å². The first kappa shape index (κ1) is 32.9. The van der Waals surface area contributed by atoms with E-state index < -0.39 is 12.1 Å². The average Bonchev–Trinajstić information content (AvgIpc) is 3.58. The first-order chi connectivity index (χ1) is 20.4. The van der Waals surface area contributed by atoms with E-state index in [1.807, 2.05) is 50.8 Å². The Morgan fingerprint density at radius 3 is 2.58 bits per heavy atom. The Kier molecular flexibility index (Phi) is 11.2. The summed E-state index contributed by atoms with van der Waals surface area (Å²) in [5.41, 5.74) is 9.78. The number of aliphatic hydroxyl groups excluding tert-OH is 1. The summed E-state index contributed by atoms with van der Waals surface area (Å²) >= 11 is 1.53. The summed E-state index contributed by atoms with van der Waals surface area (Å²) in [5, 5.41) is 13.2. The molecule has 2 aromatic rings. The second-order valence-corrected chi connectivity index (χ2v) is 13.9. The molecule has 2 aliphatic rings. The molecule has 10 nitrogen and oxygen atoms in total. The molecule has 11 heteroatoms. The monoisotopic (exact) mass is 613 g/mol. The van der Waals surface area contributed by atoms with Gasteiger partial charge in [0, 0.05) is 44.6 Å². The maximum atomic E-state index is 13.3. The number of nitrogens with one attached hydrogen (secondary N) is 1. The van der Waals surface area contributed by atoms with E-state index in [1.54, 1.807) is 5.51 Å². The molecule has 0 aliphatic carbocycles. The number of likely N-dealkylation sites (tertiary alicyclic amines) is 2. The van der Waals surface area contributed by atoms with E-state index in [9.17, 15) is 19.5 Å². The van der Waals surface area contributed by atoms with Crippen molar-refractivity contribution in [2.24, 2.45) is 17.1 Å². The Hall–Kier alpha value is -3.02. The number of β-amino-alcohol motifs (C(OH)–C–C–N with tert-alkyl or cyclic N) is 1. The zero-order chi connectivity index (χ0) is 31.1. The highest BCUT2D eigenvalue weighted by Gasteiger charge is 2.39. The summed E-state index contributed by atoms with van der Waals surface area (Å²) in [7, 11) is 0. The number of hydrogen-bond donors (Lipinski definition) is 3. The third-order valence-electron chi connectivity index (χ3n) is 8.25. The van der Waals surface area contributed by atoms with Gasteiger partial charge in [-0.2, -0.15) is 0 Å². The predicted octanol–water partition coefficient (Wildman–Crippen LogP) is 3.49. The zero-order valence-electron chi connectivity index (χ0n) is 25.9. The molecule has 3 amide bonds. The van der Waals surface area contributed by atoms with Gasteiger partial charge in [-0.05, 0) is 62.1 Å². The minimum atomic E-state index is -0.739. The van der Waals surface area contributed by atoms with Crippen molar-refractivity contribution in [3.05, 3.63) is 35.0 Å². The van der Waals surface area contributed by atoms with Crippen molar-refractivity contribution in [2.45, 2.75) is 84.9 Å². The Labute approximate surface area is 259 Å². The molecule has 1 aromatic carbocycles. The number of aryl methyl sites for hydroxylation is 1. The lowest BCUT2D eigenvalue weighted by atomic mass is 9.91. The molecule has 2 fully saturated rings. The number of benzene rings is 1. The molecular formula is C32H47N5O5S. The first-order valence-corrected chi connectivity index (χ1v) is 16.2. The topological polar surface area (TPSA) is 138 Å². The standard InChI is InChI=1S/C32H47N5O5S/c1-21-30(43-20-35-21)23-7-8-24(17-34-31(41)26-15-25(38)18-37(26)28(39)16-32(2,3)4)27(14-23)42-19-29(40)36-12-9-22(10-13-36)6-5-11-33/h7-8,14,20,22,25-26,38H,5-6,9-13,15-19,33H2,1-4H3,(H,34,41)/t25-,26+/m0/s1. The van der Waals surface area contributed by atoms with Crippen molar-refractivity contribution in [1.82, 2.24) is 20.1 Å². The van der Waals surface area contributed by atoms with E-state index in [4.69, 9.17) is 10.5 Å². The fourth-order valence-corrected chi connectivity index (χ4v) is 6.66. The van der Waals surface area contributed by atoms with Crippen LogP contribution in [0.4, 0.5) is 0 Å². The van der Waals surface area contributed by atoms with Crippen LogP contribution in [0.3, 0.4) is 0 Å². The summed E-state index contributed by atoms with van der Waals surface area (Å²) in [4.78, 5) is 48.0. The van der Waals surface area contributed by atoms with Crippen molar-refractivity contribution < 1.29 is 24.2 Å². The highest BCUT2D eigenvalue weighted by Crippen LogP contribution is 2.32. The Morgan fingerprint density at radius 1 is 1.19 bits per heavy atom. The minimum absolute atomic E-state index is 0.0559. The van der Waals surface area contributed by atoms with Gasteiger partial charge < -0.3 is 30.7 Å². The van der Waals surface area contributed by atoms with E-state index in [-0.39, 0.29) is 49.3 Å². The van der Waals surface area contributed by atoms with E-state index in [0.717, 1.165) is 60.5 Å². The second-order valence-electron chi connectivity index (χ2n) is 13.0. The fourth-order valence-electron chi connectivity index (χ4n) is 5.86. The number of carbonyl (C=O) groups is 3. The van der Waals surface area contributed by atoms with Gasteiger partial charge >= 0.3 is 0 Å². The molecule has 4 N–H and O–H groups in total. The molecule has 2 saturated heterocycles. The van der Waals surface area contributed by atoms with Crippen LogP contribution in [0.1, 0.15) is 70.6 Å². The third-order valence-corrected chi connectivity index (χ3v) is 9.22. The van der Waals surface area contributed by atoms with Gasteiger partial charge in [0.25, 0.3) is 5.91 Å². The number of amides is 3. The highest BCUT2D eigenvalue weighted by atomic mass is 32.1. The third kappa shape index (κ3) is 9.00. The van der Waals surface area contributed by atoms with Gasteiger partial charge in [-0.1, -0.05) is 32.9 Å². The van der Waals surface area contributed by atoms with Gasteiger partial charge in [0.2, 0.25) is 11.8 Å². The highest BCUT2D eigenvalue weighted by molar-refractivity contribution is 7.13. The van der Waals surface area contributed by atoms with Crippen molar-refractivity contribution >= 4 is 29.1 Å². The summed E-state index contributed by atoms with van der Waals surface area (Å²) in [5.74, 6) is 0.618. The molecule has 43 heavy (non-hydrogen) atoms. The number of rotatable bonds is 11. The molecule has 0 bridgehead atoms. The number of carbonyl (C=O) groups excluding carboxylic acids is 3. The molecule has 0 radical (unpaired) electrons. The van der Waals surface area contributed by atoms with Gasteiger partial charge in [-0.25, -0.2) is 4.98 Å². The van der Waals surface area contributed by atoms with Crippen molar-refractivity contribution in [3.63, 3.8) is 0 Å². The van der Waals surface area contributed by atoms with Gasteiger partial charge in [0.05, 0.1) is 22.2 Å². The number of aromatic nitrogens is 1. The van der Waals surface area contributed by atoms with Crippen LogP contribution in [0.15, 0.2) is 23.7 Å². The van der Waals surface area contributed by atoms with Crippen LogP contribution in [0, 0.1) is 18.3 Å². The second kappa shape index (κ2) is 14.6. The smallest absolute Gasteiger partial charge is 0.260 e. The lowest BCUT2D eigenvalue weighted by Gasteiger charge is -2.32. The van der Waals surface area contributed by atoms with Crippen molar-refractivity contribution in [2.75, 3.05) is 32.8 Å². The average molecular weight is 614 g/mol. The number of aliphatic hydroxyl groups is 1. The lowest BCUT2D eigenvalue weighted by Crippen LogP contribution is -2.46. The predicted molar refractivity (Wildman–Crippen MR) is 167 cm³/mol. The number of nitrogens with zero attached hydrogens (tertiary/aromatic N) is 3. The molecule has 2 atom stereocenters. The molecule has 0 spiro atoms. The van der Waals surface area contributed by atoms with Gasteiger partial charge in [-0.3, -0.25) is 14.4 Å². The Balaban J connectivity index is 1.43. The van der Waals surface area contributed by atoms with E-state index in [2.05, 4.69) is 10.3 Å². The van der Waals surface area contributed by atoms with Crippen LogP contribution in [-0.4, -0.2) is 82.5 Å². The van der Waals surface area contributed by atoms with E-state index >= 15 is 0 Å². The lowest BCUT2D eigenvalue weighted by molar-refractivity contribution is -0.140. The molecule has 2 aliphatic heterocycles. The minimum Gasteiger partial charge on any atom is -0.483 e. The number of hydrogen-bond acceptors (Lipinski definition) is 8.